The number of carbonyl (C=O) groups excluding carboxylic acids is 1. The SMILES string of the molecule is CCCCN(CC)CCC(=O)Nc1ccc(N)cc1. The average molecular weight is 263 g/mol. The average Bonchev–Trinajstić information content (AvgIpc) is 2.42. The van der Waals surface area contributed by atoms with Crippen LogP contribution in [0.25, 0.3) is 0 Å². The second-order valence-electron chi connectivity index (χ2n) is 4.71. The molecule has 0 saturated carbocycles. The number of unbranched alkanes of at least 4 members (excludes halogenated alkanes) is 1. The molecule has 0 spiro atoms. The first kappa shape index (κ1) is 15.5. The number of nitrogens with one attached hydrogen (secondary N) is 1. The van der Waals surface area contributed by atoms with Gasteiger partial charge in [0.2, 0.25) is 5.91 Å². The Balaban J connectivity index is 2.32. The fraction of sp³-hybridized carbons (Fsp3) is 0.533. The van der Waals surface area contributed by atoms with Gasteiger partial charge in [0, 0.05) is 24.3 Å². The molecule has 106 valence electrons. The summed E-state index contributed by atoms with van der Waals surface area (Å²) in [5, 5.41) is 2.88. The molecule has 19 heavy (non-hydrogen) atoms. The van der Waals surface area contributed by atoms with E-state index >= 15 is 0 Å². The molecule has 0 bridgehead atoms. The molecule has 1 aromatic rings. The lowest BCUT2D eigenvalue weighted by Crippen LogP contribution is -2.28. The van der Waals surface area contributed by atoms with Crippen LogP contribution in [-0.2, 0) is 4.79 Å². The number of amides is 1. The van der Waals surface area contributed by atoms with Crippen molar-refractivity contribution in [2.45, 2.75) is 33.1 Å². The van der Waals surface area contributed by atoms with Crippen LogP contribution in [0.4, 0.5) is 11.4 Å². The van der Waals surface area contributed by atoms with Crippen LogP contribution in [0.15, 0.2) is 24.3 Å². The van der Waals surface area contributed by atoms with Crippen molar-refractivity contribution in [3.05, 3.63) is 24.3 Å². The van der Waals surface area contributed by atoms with Crippen LogP contribution in [0.3, 0.4) is 0 Å². The van der Waals surface area contributed by atoms with Gasteiger partial charge in [-0.15, -0.1) is 0 Å². The number of nitrogens with two attached hydrogens (primary N) is 1. The van der Waals surface area contributed by atoms with E-state index in [2.05, 4.69) is 24.1 Å². The molecule has 0 saturated heterocycles. The normalized spacial score (nSPS) is 10.7. The van der Waals surface area contributed by atoms with Crippen molar-refractivity contribution in [1.29, 1.82) is 0 Å². The van der Waals surface area contributed by atoms with Crippen molar-refractivity contribution < 1.29 is 4.79 Å². The number of anilines is 2. The van der Waals surface area contributed by atoms with Crippen LogP contribution in [0.5, 0.6) is 0 Å². The van der Waals surface area contributed by atoms with E-state index < -0.39 is 0 Å². The summed E-state index contributed by atoms with van der Waals surface area (Å²) < 4.78 is 0. The Hall–Kier alpha value is -1.55. The van der Waals surface area contributed by atoms with Crippen LogP contribution in [0.2, 0.25) is 0 Å². The maximum atomic E-state index is 11.8. The summed E-state index contributed by atoms with van der Waals surface area (Å²) in [6, 6.07) is 7.22. The first-order valence-electron chi connectivity index (χ1n) is 7.03. The molecule has 4 nitrogen and oxygen atoms in total. The maximum absolute atomic E-state index is 11.8. The molecule has 0 fully saturated rings. The summed E-state index contributed by atoms with van der Waals surface area (Å²) in [6.07, 6.45) is 2.91. The van der Waals surface area contributed by atoms with E-state index in [-0.39, 0.29) is 5.91 Å². The maximum Gasteiger partial charge on any atom is 0.225 e. The quantitative estimate of drug-likeness (QED) is 0.709. The van der Waals surface area contributed by atoms with Gasteiger partial charge in [-0.25, -0.2) is 0 Å². The molecular formula is C15H25N3O. The lowest BCUT2D eigenvalue weighted by atomic mass is 10.2. The summed E-state index contributed by atoms with van der Waals surface area (Å²) in [5.41, 5.74) is 7.11. The Kier molecular flexibility index (Phi) is 6.97. The summed E-state index contributed by atoms with van der Waals surface area (Å²) in [7, 11) is 0. The van der Waals surface area contributed by atoms with E-state index in [0.717, 1.165) is 25.3 Å². The molecule has 0 heterocycles. The second-order valence-corrected chi connectivity index (χ2v) is 4.71. The molecule has 0 aliphatic heterocycles. The van der Waals surface area contributed by atoms with E-state index in [1.165, 1.54) is 12.8 Å². The first-order valence-corrected chi connectivity index (χ1v) is 7.03. The van der Waals surface area contributed by atoms with E-state index in [1.807, 2.05) is 12.1 Å². The van der Waals surface area contributed by atoms with Crippen LogP contribution >= 0.6 is 0 Å². The summed E-state index contributed by atoms with van der Waals surface area (Å²) in [4.78, 5) is 14.1. The molecule has 0 aromatic heterocycles. The van der Waals surface area contributed by atoms with E-state index in [1.54, 1.807) is 12.1 Å². The standard InChI is InChI=1S/C15H25N3O/c1-3-5-11-18(4-2)12-10-15(19)17-14-8-6-13(16)7-9-14/h6-9H,3-5,10-12,16H2,1-2H3,(H,17,19). The number of nitrogen functional groups attached to an aromatic ring is 1. The van der Waals surface area contributed by atoms with E-state index in [0.29, 0.717) is 12.1 Å². The number of hydrogen-bond donors (Lipinski definition) is 2. The van der Waals surface area contributed by atoms with Gasteiger partial charge in [0.15, 0.2) is 0 Å². The summed E-state index contributed by atoms with van der Waals surface area (Å²) in [5.74, 6) is 0.0553. The number of hydrogen-bond acceptors (Lipinski definition) is 3. The second kappa shape index (κ2) is 8.53. The van der Waals surface area contributed by atoms with Crippen molar-refractivity contribution in [1.82, 2.24) is 4.90 Å². The van der Waals surface area contributed by atoms with Gasteiger partial charge in [0.25, 0.3) is 0 Å². The lowest BCUT2D eigenvalue weighted by Gasteiger charge is -2.19. The first-order chi connectivity index (χ1) is 9.15. The summed E-state index contributed by atoms with van der Waals surface area (Å²) >= 11 is 0. The van der Waals surface area contributed by atoms with Gasteiger partial charge in [-0.2, -0.15) is 0 Å². The van der Waals surface area contributed by atoms with Gasteiger partial charge in [-0.3, -0.25) is 4.79 Å². The van der Waals surface area contributed by atoms with Crippen LogP contribution in [0.1, 0.15) is 33.1 Å². The predicted octanol–water partition coefficient (Wildman–Crippen LogP) is 2.72. The molecule has 4 heteroatoms. The minimum atomic E-state index is 0.0553. The van der Waals surface area contributed by atoms with Crippen molar-refractivity contribution in [3.8, 4) is 0 Å². The van der Waals surface area contributed by atoms with Crippen molar-refractivity contribution >= 4 is 17.3 Å². The summed E-state index contributed by atoms with van der Waals surface area (Å²) in [6.45, 7) is 7.20. The van der Waals surface area contributed by atoms with Gasteiger partial charge in [0.05, 0.1) is 0 Å². The largest absolute Gasteiger partial charge is 0.399 e. The van der Waals surface area contributed by atoms with Crippen molar-refractivity contribution in [2.75, 3.05) is 30.7 Å². The highest BCUT2D eigenvalue weighted by Gasteiger charge is 2.06. The van der Waals surface area contributed by atoms with Gasteiger partial charge in [-0.05, 0) is 43.8 Å². The number of carbonyl (C=O) groups is 1. The number of benzene rings is 1. The van der Waals surface area contributed by atoms with Gasteiger partial charge >= 0.3 is 0 Å². The molecule has 3 N–H and O–H groups in total. The molecule has 0 atom stereocenters. The minimum absolute atomic E-state index is 0.0553. The van der Waals surface area contributed by atoms with Gasteiger partial charge in [-0.1, -0.05) is 20.3 Å². The van der Waals surface area contributed by atoms with E-state index in [9.17, 15) is 4.79 Å². The molecule has 1 aromatic carbocycles. The molecule has 0 aliphatic carbocycles. The Labute approximate surface area is 116 Å². The molecule has 1 rings (SSSR count). The Morgan fingerprint density at radius 2 is 1.89 bits per heavy atom. The Morgan fingerprint density at radius 1 is 1.21 bits per heavy atom. The molecule has 0 unspecified atom stereocenters. The highest BCUT2D eigenvalue weighted by atomic mass is 16.1. The molecule has 0 aliphatic rings. The Morgan fingerprint density at radius 3 is 2.47 bits per heavy atom. The molecule has 0 radical (unpaired) electrons. The fourth-order valence-electron chi connectivity index (χ4n) is 1.86. The topological polar surface area (TPSA) is 58.4 Å². The highest BCUT2D eigenvalue weighted by molar-refractivity contribution is 5.90. The number of nitrogens with zero attached hydrogens (tertiary/aromatic N) is 1. The fourth-order valence-corrected chi connectivity index (χ4v) is 1.86. The predicted molar refractivity (Wildman–Crippen MR) is 81.1 cm³/mol. The van der Waals surface area contributed by atoms with Crippen molar-refractivity contribution in [3.63, 3.8) is 0 Å². The monoisotopic (exact) mass is 263 g/mol. The van der Waals surface area contributed by atoms with Gasteiger partial charge in [0.1, 0.15) is 0 Å². The van der Waals surface area contributed by atoms with Crippen LogP contribution in [-0.4, -0.2) is 30.4 Å². The lowest BCUT2D eigenvalue weighted by molar-refractivity contribution is -0.116. The smallest absolute Gasteiger partial charge is 0.225 e. The van der Waals surface area contributed by atoms with Gasteiger partial charge < -0.3 is 16.0 Å². The van der Waals surface area contributed by atoms with Crippen LogP contribution < -0.4 is 11.1 Å². The van der Waals surface area contributed by atoms with E-state index in [4.69, 9.17) is 5.73 Å². The third-order valence-electron chi connectivity index (χ3n) is 3.12. The third-order valence-corrected chi connectivity index (χ3v) is 3.12. The minimum Gasteiger partial charge on any atom is -0.399 e. The molecular weight excluding hydrogens is 238 g/mol. The third kappa shape index (κ3) is 6.25. The zero-order valence-electron chi connectivity index (χ0n) is 12.0. The Bertz CT molecular complexity index is 375. The van der Waals surface area contributed by atoms with Crippen molar-refractivity contribution in [2.24, 2.45) is 0 Å². The highest BCUT2D eigenvalue weighted by Crippen LogP contribution is 2.10. The number of rotatable bonds is 8. The van der Waals surface area contributed by atoms with Crippen LogP contribution in [0, 0.1) is 0 Å². The zero-order valence-corrected chi connectivity index (χ0v) is 12.0. The zero-order chi connectivity index (χ0) is 14.1. The molecule has 1 amide bonds.